The molecule has 4 aromatic rings. The number of rotatable bonds is 4. The van der Waals surface area contributed by atoms with E-state index in [1.54, 1.807) is 29.2 Å². The summed E-state index contributed by atoms with van der Waals surface area (Å²) in [5.41, 5.74) is 2.53. The molecule has 0 bridgehead atoms. The largest absolute Gasteiger partial charge is 0.444 e. The molecule has 11 heteroatoms. The molecule has 45 heavy (non-hydrogen) atoms. The van der Waals surface area contributed by atoms with E-state index in [0.717, 1.165) is 17.0 Å². The lowest BCUT2D eigenvalue weighted by Crippen LogP contribution is -2.59. The summed E-state index contributed by atoms with van der Waals surface area (Å²) in [6, 6.07) is 9.42. The number of hydrogen-bond acceptors (Lipinski definition) is 7. The third kappa shape index (κ3) is 6.25. The molecule has 2 atom stereocenters. The fourth-order valence-corrected chi connectivity index (χ4v) is 6.17. The first-order valence-electron chi connectivity index (χ1n) is 15.2. The number of benzene rings is 1. The van der Waals surface area contributed by atoms with Gasteiger partial charge in [-0.25, -0.2) is 23.5 Å². The van der Waals surface area contributed by atoms with E-state index < -0.39 is 23.2 Å². The second-order valence-electron chi connectivity index (χ2n) is 13.2. The zero-order valence-electron chi connectivity index (χ0n) is 27.3. The van der Waals surface area contributed by atoms with Gasteiger partial charge in [-0.15, -0.1) is 0 Å². The van der Waals surface area contributed by atoms with Gasteiger partial charge < -0.3 is 14.5 Å². The van der Waals surface area contributed by atoms with Gasteiger partial charge in [-0.1, -0.05) is 37.6 Å². The van der Waals surface area contributed by atoms with Crippen LogP contribution in [0.25, 0.3) is 28.0 Å². The second kappa shape index (κ2) is 12.0. The first-order valence-corrected chi connectivity index (χ1v) is 15.6. The predicted octanol–water partition coefficient (Wildman–Crippen LogP) is 7.21. The molecule has 0 N–H and O–H groups in total. The third-order valence-electron chi connectivity index (χ3n) is 7.93. The summed E-state index contributed by atoms with van der Waals surface area (Å²) in [7, 11) is 0. The molecule has 3 aromatic heterocycles. The number of nitrogens with zero attached hydrogens (tertiary/aromatic N) is 6. The van der Waals surface area contributed by atoms with E-state index >= 15 is 4.39 Å². The van der Waals surface area contributed by atoms with Crippen LogP contribution in [0.2, 0.25) is 5.02 Å². The first-order chi connectivity index (χ1) is 21.1. The number of aryl methyl sites for hydroxylation is 2. The van der Waals surface area contributed by atoms with Gasteiger partial charge in [0.1, 0.15) is 17.2 Å². The highest BCUT2D eigenvalue weighted by Crippen LogP contribution is 2.37. The number of aromatic nitrogens is 4. The molecule has 1 amide bonds. The lowest BCUT2D eigenvalue weighted by molar-refractivity contribution is 0.0130. The minimum Gasteiger partial charge on any atom is -0.444 e. The van der Waals surface area contributed by atoms with Gasteiger partial charge in [0.05, 0.1) is 27.5 Å². The maximum Gasteiger partial charge on any atom is 0.410 e. The van der Waals surface area contributed by atoms with Crippen molar-refractivity contribution >= 4 is 34.5 Å². The van der Waals surface area contributed by atoms with Crippen molar-refractivity contribution in [2.75, 3.05) is 18.0 Å². The minimum atomic E-state index is -0.629. The number of fused-ring (bicyclic) bond motifs is 1. The summed E-state index contributed by atoms with van der Waals surface area (Å²) in [4.78, 5) is 45.3. The molecule has 0 spiro atoms. The molecule has 1 aliphatic heterocycles. The predicted molar refractivity (Wildman–Crippen MR) is 176 cm³/mol. The van der Waals surface area contributed by atoms with Crippen LogP contribution >= 0.6 is 11.6 Å². The Hall–Kier alpha value is -4.05. The van der Waals surface area contributed by atoms with E-state index in [4.69, 9.17) is 26.3 Å². The SMILES string of the molecule is Cc1cc(C)c(-n2c(=O)nc(N3C[C@@H](C)N(C(=O)OC(C)(C)C)C[C@@H]3C)c3cc(Cl)c(-c4ccccc4F)nc32)c(C(C)C)n1. The number of amides is 1. The lowest BCUT2D eigenvalue weighted by Gasteiger charge is -2.44. The van der Waals surface area contributed by atoms with Crippen molar-refractivity contribution in [1.29, 1.82) is 0 Å². The van der Waals surface area contributed by atoms with Crippen LogP contribution in [0.4, 0.5) is 15.0 Å². The minimum absolute atomic E-state index is 0.0135. The van der Waals surface area contributed by atoms with Crippen LogP contribution in [0.5, 0.6) is 0 Å². The highest BCUT2D eigenvalue weighted by Gasteiger charge is 2.36. The first kappa shape index (κ1) is 32.3. The number of ether oxygens (including phenoxy) is 1. The molecule has 4 heterocycles. The molecule has 1 aromatic carbocycles. The van der Waals surface area contributed by atoms with Crippen LogP contribution < -0.4 is 10.6 Å². The zero-order chi connectivity index (χ0) is 33.0. The summed E-state index contributed by atoms with van der Waals surface area (Å²) in [6.07, 6.45) is -0.391. The van der Waals surface area contributed by atoms with Gasteiger partial charge in [-0.3, -0.25) is 4.98 Å². The number of pyridine rings is 2. The maximum atomic E-state index is 15.1. The van der Waals surface area contributed by atoms with Crippen molar-refractivity contribution in [1.82, 2.24) is 24.4 Å². The van der Waals surface area contributed by atoms with Gasteiger partial charge in [-0.05, 0) is 84.2 Å². The molecule has 0 saturated carbocycles. The summed E-state index contributed by atoms with van der Waals surface area (Å²) < 4.78 is 22.2. The van der Waals surface area contributed by atoms with Gasteiger partial charge >= 0.3 is 11.8 Å². The fourth-order valence-electron chi connectivity index (χ4n) is 5.92. The number of hydrogen-bond donors (Lipinski definition) is 0. The van der Waals surface area contributed by atoms with Crippen molar-refractivity contribution in [2.24, 2.45) is 0 Å². The summed E-state index contributed by atoms with van der Waals surface area (Å²) >= 11 is 6.84. The molecule has 1 aliphatic rings. The van der Waals surface area contributed by atoms with Gasteiger partial charge in [0, 0.05) is 36.4 Å². The van der Waals surface area contributed by atoms with Crippen molar-refractivity contribution in [3.8, 4) is 16.9 Å². The van der Waals surface area contributed by atoms with E-state index in [0.29, 0.717) is 30.0 Å². The smallest absolute Gasteiger partial charge is 0.410 e. The third-order valence-corrected chi connectivity index (χ3v) is 8.21. The van der Waals surface area contributed by atoms with E-state index in [-0.39, 0.29) is 39.9 Å². The monoisotopic (exact) mass is 634 g/mol. The molecule has 1 fully saturated rings. The van der Waals surface area contributed by atoms with E-state index in [1.807, 2.05) is 73.3 Å². The normalized spacial score (nSPS) is 17.3. The Morgan fingerprint density at radius 1 is 1.04 bits per heavy atom. The molecule has 1 saturated heterocycles. The molecule has 5 rings (SSSR count). The molecule has 0 aliphatic carbocycles. The van der Waals surface area contributed by atoms with Gasteiger partial charge in [0.2, 0.25) is 0 Å². The Balaban J connectivity index is 1.76. The molecule has 0 radical (unpaired) electrons. The summed E-state index contributed by atoms with van der Waals surface area (Å²) in [6.45, 7) is 18.0. The van der Waals surface area contributed by atoms with Gasteiger partial charge in [-0.2, -0.15) is 4.98 Å². The molecule has 0 unspecified atom stereocenters. The topological polar surface area (TPSA) is 93.5 Å². The van der Waals surface area contributed by atoms with Gasteiger partial charge in [0.15, 0.2) is 5.65 Å². The fraction of sp³-hybridized carbons (Fsp3) is 0.441. The Morgan fingerprint density at radius 2 is 1.73 bits per heavy atom. The molecule has 9 nitrogen and oxygen atoms in total. The van der Waals surface area contributed by atoms with Crippen LogP contribution in [0.15, 0.2) is 41.2 Å². The van der Waals surface area contributed by atoms with Crippen LogP contribution in [0.1, 0.15) is 71.3 Å². The van der Waals surface area contributed by atoms with E-state index in [1.165, 1.54) is 10.6 Å². The number of carbonyl (C=O) groups is 1. The van der Waals surface area contributed by atoms with Crippen LogP contribution in [0.3, 0.4) is 0 Å². The van der Waals surface area contributed by atoms with Crippen LogP contribution in [0, 0.1) is 19.7 Å². The summed E-state index contributed by atoms with van der Waals surface area (Å²) in [5.74, 6) is -0.0979. The molecular weight excluding hydrogens is 595 g/mol. The number of carbonyl (C=O) groups excluding carboxylic acids is 1. The maximum absolute atomic E-state index is 15.1. The Labute approximate surface area is 268 Å². The van der Waals surface area contributed by atoms with Crippen LogP contribution in [-0.4, -0.2) is 61.3 Å². The zero-order valence-corrected chi connectivity index (χ0v) is 28.0. The van der Waals surface area contributed by atoms with Crippen molar-refractivity contribution < 1.29 is 13.9 Å². The number of piperazine rings is 1. The van der Waals surface area contributed by atoms with Crippen molar-refractivity contribution in [3.05, 3.63) is 74.7 Å². The second-order valence-corrected chi connectivity index (χ2v) is 13.6. The quantitative estimate of drug-likeness (QED) is 0.234. The Bertz CT molecular complexity index is 1850. The lowest BCUT2D eigenvalue weighted by atomic mass is 10.0. The van der Waals surface area contributed by atoms with Crippen molar-refractivity contribution in [2.45, 2.75) is 85.9 Å². The average Bonchev–Trinajstić information content (AvgIpc) is 2.93. The standard InChI is InChI=1S/C34H40ClFN6O3/c1-18(2)27-29(19(3)14-20(4)37-27)42-31-24(15-25(35)28(38-31)23-12-10-11-13-26(23)36)30(39-32(42)43)40-16-22(6)41(17-21(40)5)33(44)45-34(7,8)9/h10-15,18,21-22H,16-17H2,1-9H3/t21-,22+/m0/s1. The van der Waals surface area contributed by atoms with E-state index in [2.05, 4.69) is 4.98 Å². The summed E-state index contributed by atoms with van der Waals surface area (Å²) in [5, 5.41) is 0.746. The Morgan fingerprint density at radius 3 is 2.38 bits per heavy atom. The molecular formula is C34H40ClFN6O3. The molecule has 238 valence electrons. The highest BCUT2D eigenvalue weighted by molar-refractivity contribution is 6.33. The van der Waals surface area contributed by atoms with Crippen molar-refractivity contribution in [3.63, 3.8) is 0 Å². The van der Waals surface area contributed by atoms with Gasteiger partial charge in [0.25, 0.3) is 0 Å². The highest BCUT2D eigenvalue weighted by atomic mass is 35.5. The van der Waals surface area contributed by atoms with Crippen LogP contribution in [-0.2, 0) is 4.74 Å². The Kier molecular flexibility index (Phi) is 8.65. The average molecular weight is 635 g/mol. The van der Waals surface area contributed by atoms with E-state index in [9.17, 15) is 9.59 Å². The number of halogens is 2. The number of anilines is 1.